The zero-order chi connectivity index (χ0) is 16.7. The molecule has 0 saturated carbocycles. The molecule has 114 valence electrons. The molecular formula is C18H13IN2O2. The van der Waals surface area contributed by atoms with Crippen molar-refractivity contribution in [3.8, 4) is 23.6 Å². The molecule has 0 aliphatic rings. The third kappa shape index (κ3) is 4.73. The lowest BCUT2D eigenvalue weighted by molar-refractivity contribution is 0.284. The maximum atomic E-state index is 8.80. The summed E-state index contributed by atoms with van der Waals surface area (Å²) in [5.74, 6) is 1.16. The lowest BCUT2D eigenvalue weighted by Crippen LogP contribution is -1.98. The van der Waals surface area contributed by atoms with E-state index in [1.165, 1.54) is 9.65 Å². The number of nitrogens with zero attached hydrogens (tertiary/aromatic N) is 2. The van der Waals surface area contributed by atoms with E-state index < -0.39 is 0 Å². The minimum Gasteiger partial charge on any atom is -0.493 e. The van der Waals surface area contributed by atoms with E-state index in [1.54, 1.807) is 25.3 Å². The van der Waals surface area contributed by atoms with Crippen molar-refractivity contribution < 1.29 is 9.47 Å². The van der Waals surface area contributed by atoms with Crippen LogP contribution in [0.2, 0.25) is 0 Å². The number of rotatable bonds is 5. The Morgan fingerprint density at radius 1 is 1.09 bits per heavy atom. The lowest BCUT2D eigenvalue weighted by Gasteiger charge is -2.11. The summed E-state index contributed by atoms with van der Waals surface area (Å²) in [5, 5.41) is 17.6. The Bertz CT molecular complexity index is 783. The average Bonchev–Trinajstić information content (AvgIpc) is 2.59. The molecule has 0 amide bonds. The Morgan fingerprint density at radius 3 is 2.39 bits per heavy atom. The molecule has 0 N–H and O–H groups in total. The predicted octanol–water partition coefficient (Wildman–Crippen LogP) is 4.31. The Morgan fingerprint density at radius 2 is 1.78 bits per heavy atom. The van der Waals surface area contributed by atoms with Crippen molar-refractivity contribution in [2.24, 2.45) is 0 Å². The van der Waals surface area contributed by atoms with E-state index in [1.807, 2.05) is 36.4 Å². The van der Waals surface area contributed by atoms with Gasteiger partial charge in [-0.05, 0) is 64.1 Å². The highest BCUT2D eigenvalue weighted by Gasteiger charge is 2.06. The van der Waals surface area contributed by atoms with Crippen molar-refractivity contribution in [2.75, 3.05) is 7.11 Å². The number of hydrogen-bond donors (Lipinski definition) is 0. The maximum Gasteiger partial charge on any atom is 0.161 e. The predicted molar refractivity (Wildman–Crippen MR) is 95.7 cm³/mol. The van der Waals surface area contributed by atoms with Crippen LogP contribution < -0.4 is 9.47 Å². The third-order valence-electron chi connectivity index (χ3n) is 3.05. The van der Waals surface area contributed by atoms with E-state index >= 15 is 0 Å². The highest BCUT2D eigenvalue weighted by atomic mass is 127. The van der Waals surface area contributed by atoms with Crippen LogP contribution in [0.1, 0.15) is 11.1 Å². The minimum atomic E-state index is 0.0413. The van der Waals surface area contributed by atoms with Crippen LogP contribution in [0.15, 0.2) is 48.0 Å². The third-order valence-corrected chi connectivity index (χ3v) is 3.77. The van der Waals surface area contributed by atoms with Crippen LogP contribution in [0.5, 0.6) is 11.5 Å². The van der Waals surface area contributed by atoms with E-state index in [4.69, 9.17) is 20.0 Å². The summed E-state index contributed by atoms with van der Waals surface area (Å²) in [7, 11) is 1.55. The molecule has 4 nitrogen and oxygen atoms in total. The Kier molecular flexibility index (Phi) is 6.02. The van der Waals surface area contributed by atoms with Gasteiger partial charge >= 0.3 is 0 Å². The van der Waals surface area contributed by atoms with Gasteiger partial charge in [0.15, 0.2) is 11.5 Å². The van der Waals surface area contributed by atoms with Gasteiger partial charge in [0.2, 0.25) is 0 Å². The summed E-state index contributed by atoms with van der Waals surface area (Å²) >= 11 is 2.25. The first-order chi connectivity index (χ1) is 11.2. The fourth-order valence-corrected chi connectivity index (χ4v) is 2.25. The van der Waals surface area contributed by atoms with Gasteiger partial charge in [-0.1, -0.05) is 18.2 Å². The van der Waals surface area contributed by atoms with Gasteiger partial charge in [0.05, 0.1) is 7.11 Å². The van der Waals surface area contributed by atoms with Crippen molar-refractivity contribution in [3.63, 3.8) is 0 Å². The number of methoxy groups -OCH3 is 1. The molecule has 2 aromatic rings. The first-order valence-electron chi connectivity index (χ1n) is 6.73. The SMILES string of the molecule is COc1cc(C=C(C#N)C#N)ccc1OCc1ccc(I)cc1. The molecule has 0 spiro atoms. The van der Waals surface area contributed by atoms with Crippen LogP contribution in [-0.2, 0) is 6.61 Å². The van der Waals surface area contributed by atoms with Crippen LogP contribution >= 0.6 is 22.6 Å². The van der Waals surface area contributed by atoms with Gasteiger partial charge in [-0.15, -0.1) is 0 Å². The van der Waals surface area contributed by atoms with Gasteiger partial charge in [0.25, 0.3) is 0 Å². The molecule has 0 heterocycles. The van der Waals surface area contributed by atoms with Crippen LogP contribution in [0.3, 0.4) is 0 Å². The summed E-state index contributed by atoms with van der Waals surface area (Å²) in [4.78, 5) is 0. The summed E-state index contributed by atoms with van der Waals surface area (Å²) in [6.45, 7) is 0.435. The molecule has 0 radical (unpaired) electrons. The van der Waals surface area contributed by atoms with Gasteiger partial charge in [-0.25, -0.2) is 0 Å². The second kappa shape index (κ2) is 8.21. The molecule has 0 saturated heterocycles. The molecule has 0 aliphatic heterocycles. The Labute approximate surface area is 148 Å². The van der Waals surface area contributed by atoms with Crippen LogP contribution in [0, 0.1) is 26.2 Å². The van der Waals surface area contributed by atoms with Gasteiger partial charge in [-0.3, -0.25) is 0 Å². The normalized spacial score (nSPS) is 9.39. The number of benzene rings is 2. The molecule has 5 heteroatoms. The van der Waals surface area contributed by atoms with Crippen molar-refractivity contribution in [1.29, 1.82) is 10.5 Å². The van der Waals surface area contributed by atoms with E-state index in [0.29, 0.717) is 23.7 Å². The first-order valence-corrected chi connectivity index (χ1v) is 7.81. The molecular weight excluding hydrogens is 403 g/mol. The maximum absolute atomic E-state index is 8.80. The Balaban J connectivity index is 2.17. The molecule has 23 heavy (non-hydrogen) atoms. The first kappa shape index (κ1) is 16.9. The van der Waals surface area contributed by atoms with E-state index in [0.717, 1.165) is 5.56 Å². The monoisotopic (exact) mass is 416 g/mol. The zero-order valence-electron chi connectivity index (χ0n) is 12.4. The molecule has 0 atom stereocenters. The Hall–Kier alpha value is -2.51. The molecule has 0 aliphatic carbocycles. The fraction of sp³-hybridized carbons (Fsp3) is 0.111. The van der Waals surface area contributed by atoms with E-state index in [-0.39, 0.29) is 5.57 Å². The molecule has 0 bridgehead atoms. The van der Waals surface area contributed by atoms with E-state index in [9.17, 15) is 0 Å². The van der Waals surface area contributed by atoms with Gasteiger partial charge in [0, 0.05) is 3.57 Å². The average molecular weight is 416 g/mol. The summed E-state index contributed by atoms with van der Waals surface area (Å²) in [5.41, 5.74) is 1.81. The van der Waals surface area contributed by atoms with Gasteiger partial charge < -0.3 is 9.47 Å². The molecule has 0 unspecified atom stereocenters. The second-order valence-corrected chi connectivity index (χ2v) is 5.85. The quantitative estimate of drug-likeness (QED) is 0.538. The van der Waals surface area contributed by atoms with Gasteiger partial charge in [0.1, 0.15) is 24.3 Å². The zero-order valence-corrected chi connectivity index (χ0v) is 14.6. The summed E-state index contributed by atoms with van der Waals surface area (Å²) < 4.78 is 12.3. The number of nitriles is 2. The van der Waals surface area contributed by atoms with Crippen molar-refractivity contribution >= 4 is 28.7 Å². The van der Waals surface area contributed by atoms with Crippen molar-refractivity contribution in [3.05, 3.63) is 62.7 Å². The largest absolute Gasteiger partial charge is 0.493 e. The van der Waals surface area contributed by atoms with Gasteiger partial charge in [-0.2, -0.15) is 10.5 Å². The fourth-order valence-electron chi connectivity index (χ4n) is 1.89. The van der Waals surface area contributed by atoms with Crippen molar-refractivity contribution in [2.45, 2.75) is 6.61 Å². The number of halogens is 1. The highest BCUT2D eigenvalue weighted by molar-refractivity contribution is 14.1. The van der Waals surface area contributed by atoms with Crippen LogP contribution in [0.25, 0.3) is 6.08 Å². The molecule has 0 fully saturated rings. The lowest BCUT2D eigenvalue weighted by atomic mass is 10.1. The van der Waals surface area contributed by atoms with E-state index in [2.05, 4.69) is 22.6 Å². The number of ether oxygens (including phenoxy) is 2. The molecule has 0 aromatic heterocycles. The van der Waals surface area contributed by atoms with Crippen molar-refractivity contribution in [1.82, 2.24) is 0 Å². The molecule has 2 rings (SSSR count). The second-order valence-electron chi connectivity index (χ2n) is 4.61. The molecule has 2 aromatic carbocycles. The topological polar surface area (TPSA) is 66.0 Å². The highest BCUT2D eigenvalue weighted by Crippen LogP contribution is 2.29. The summed E-state index contributed by atoms with van der Waals surface area (Å²) in [6, 6.07) is 17.0. The smallest absolute Gasteiger partial charge is 0.161 e. The standard InChI is InChI=1S/C18H13IN2O2/c1-22-18-9-14(8-15(10-20)11-21)4-7-17(18)23-12-13-2-5-16(19)6-3-13/h2-9H,12H2,1H3. The number of hydrogen-bond acceptors (Lipinski definition) is 4. The minimum absolute atomic E-state index is 0.0413. The van der Waals surface area contributed by atoms with Crippen LogP contribution in [-0.4, -0.2) is 7.11 Å². The summed E-state index contributed by atoms with van der Waals surface area (Å²) in [6.07, 6.45) is 1.51. The number of allylic oxidation sites excluding steroid dienone is 1. The van der Waals surface area contributed by atoms with Crippen LogP contribution in [0.4, 0.5) is 0 Å².